The molecule has 1 N–H and O–H groups in total. The van der Waals surface area contributed by atoms with Gasteiger partial charge in [0.15, 0.2) is 5.65 Å². The predicted molar refractivity (Wildman–Crippen MR) is 114 cm³/mol. The standard InChI is InChI=1S/C23H22F2N6O/c1-11-6-14(7-19(32-11)15-9-26-27-10-15)22-30-20(17-5-4-16(24)8-18(17)25)21-23(31-22)29-13(3)12(2)28-21/h4-5,8-11,14,19H,6-7H2,1-3H3,(H,26,27)/t11-,14+,19+/m1/s1. The van der Waals surface area contributed by atoms with E-state index in [2.05, 4.69) is 20.2 Å². The van der Waals surface area contributed by atoms with Gasteiger partial charge in [-0.2, -0.15) is 5.10 Å². The van der Waals surface area contributed by atoms with Gasteiger partial charge in [-0.1, -0.05) is 0 Å². The minimum Gasteiger partial charge on any atom is -0.370 e. The Hall–Kier alpha value is -3.33. The van der Waals surface area contributed by atoms with Crippen LogP contribution in [0.4, 0.5) is 8.78 Å². The summed E-state index contributed by atoms with van der Waals surface area (Å²) in [5, 5.41) is 6.84. The molecule has 4 aromatic rings. The van der Waals surface area contributed by atoms with Gasteiger partial charge in [-0.15, -0.1) is 0 Å². The van der Waals surface area contributed by atoms with Crippen LogP contribution < -0.4 is 0 Å². The van der Waals surface area contributed by atoms with Crippen LogP contribution in [0.25, 0.3) is 22.4 Å². The Kier molecular flexibility index (Phi) is 5.13. The highest BCUT2D eigenvalue weighted by Gasteiger charge is 2.32. The summed E-state index contributed by atoms with van der Waals surface area (Å²) in [7, 11) is 0. The Morgan fingerprint density at radius 1 is 1.03 bits per heavy atom. The summed E-state index contributed by atoms with van der Waals surface area (Å²) in [5.41, 5.74) is 3.69. The van der Waals surface area contributed by atoms with Gasteiger partial charge in [0, 0.05) is 29.3 Å². The molecule has 1 aliphatic heterocycles. The zero-order chi connectivity index (χ0) is 22.4. The number of benzene rings is 1. The molecule has 0 saturated carbocycles. The predicted octanol–water partition coefficient (Wildman–Crippen LogP) is 4.73. The third-order valence-electron chi connectivity index (χ3n) is 5.91. The number of aromatic amines is 1. The van der Waals surface area contributed by atoms with Gasteiger partial charge in [-0.05, 0) is 45.7 Å². The molecule has 1 aromatic carbocycles. The van der Waals surface area contributed by atoms with Crippen molar-refractivity contribution in [2.24, 2.45) is 0 Å². The van der Waals surface area contributed by atoms with Crippen LogP contribution in [0, 0.1) is 25.5 Å². The molecule has 164 valence electrons. The number of hydrogen-bond donors (Lipinski definition) is 1. The zero-order valence-corrected chi connectivity index (χ0v) is 17.9. The van der Waals surface area contributed by atoms with Crippen LogP contribution >= 0.6 is 0 Å². The van der Waals surface area contributed by atoms with Gasteiger partial charge < -0.3 is 4.74 Å². The maximum atomic E-state index is 14.7. The first-order chi connectivity index (χ1) is 15.4. The Bertz CT molecular complexity index is 1290. The van der Waals surface area contributed by atoms with Gasteiger partial charge in [0.05, 0.1) is 29.8 Å². The van der Waals surface area contributed by atoms with E-state index in [0.717, 1.165) is 17.3 Å². The highest BCUT2D eigenvalue weighted by atomic mass is 19.1. The minimum atomic E-state index is -0.701. The number of rotatable bonds is 3. The Labute approximate surface area is 183 Å². The molecule has 3 atom stereocenters. The average Bonchev–Trinajstić information content (AvgIpc) is 3.29. The molecule has 0 unspecified atom stereocenters. The van der Waals surface area contributed by atoms with Crippen molar-refractivity contribution >= 4 is 11.2 Å². The summed E-state index contributed by atoms with van der Waals surface area (Å²) in [6.45, 7) is 5.69. The second-order valence-corrected chi connectivity index (χ2v) is 8.26. The molecule has 9 heteroatoms. The number of fused-ring (bicyclic) bond motifs is 1. The fraction of sp³-hybridized carbons (Fsp3) is 0.348. The summed E-state index contributed by atoms with van der Waals surface area (Å²) >= 11 is 0. The van der Waals surface area contributed by atoms with E-state index in [-0.39, 0.29) is 23.7 Å². The van der Waals surface area contributed by atoms with E-state index < -0.39 is 11.6 Å². The van der Waals surface area contributed by atoms with Crippen LogP contribution in [-0.2, 0) is 4.74 Å². The van der Waals surface area contributed by atoms with Gasteiger partial charge in [-0.25, -0.2) is 28.7 Å². The van der Waals surface area contributed by atoms with Crippen molar-refractivity contribution in [1.82, 2.24) is 30.1 Å². The number of nitrogens with one attached hydrogen (secondary N) is 1. The first kappa shape index (κ1) is 20.6. The SMILES string of the molecule is Cc1nc2nc([C@H]3C[C@@H](C)O[C@H](c4cn[nH]c4)C3)nc(-c3ccc(F)cc3F)c2nc1C. The second-order valence-electron chi connectivity index (χ2n) is 8.26. The van der Waals surface area contributed by atoms with Crippen molar-refractivity contribution in [3.8, 4) is 11.3 Å². The van der Waals surface area contributed by atoms with E-state index in [4.69, 9.17) is 14.7 Å². The molecule has 5 rings (SSSR count). The van der Waals surface area contributed by atoms with Gasteiger partial charge in [0.1, 0.15) is 28.7 Å². The van der Waals surface area contributed by atoms with Crippen LogP contribution in [0.5, 0.6) is 0 Å². The van der Waals surface area contributed by atoms with Crippen molar-refractivity contribution in [3.63, 3.8) is 0 Å². The van der Waals surface area contributed by atoms with E-state index in [1.807, 2.05) is 27.0 Å². The molecule has 0 amide bonds. The first-order valence-corrected chi connectivity index (χ1v) is 10.5. The normalized spacial score (nSPS) is 21.2. The van der Waals surface area contributed by atoms with E-state index in [9.17, 15) is 8.78 Å². The number of hydrogen-bond acceptors (Lipinski definition) is 6. The van der Waals surface area contributed by atoms with Gasteiger partial charge in [0.2, 0.25) is 0 Å². The van der Waals surface area contributed by atoms with E-state index in [0.29, 0.717) is 41.2 Å². The van der Waals surface area contributed by atoms with Crippen LogP contribution in [0.15, 0.2) is 30.6 Å². The minimum absolute atomic E-state index is 0.0233. The summed E-state index contributed by atoms with van der Waals surface area (Å²) in [5.74, 6) is -0.831. The highest BCUT2D eigenvalue weighted by molar-refractivity contribution is 5.87. The Balaban J connectivity index is 1.66. The third-order valence-corrected chi connectivity index (χ3v) is 5.91. The Morgan fingerprint density at radius 3 is 2.59 bits per heavy atom. The van der Waals surface area contributed by atoms with Crippen molar-refractivity contribution in [1.29, 1.82) is 0 Å². The van der Waals surface area contributed by atoms with Crippen LogP contribution in [0.1, 0.15) is 54.6 Å². The summed E-state index contributed by atoms with van der Waals surface area (Å²) < 4.78 is 34.4. The molecular weight excluding hydrogens is 414 g/mol. The van der Waals surface area contributed by atoms with Crippen molar-refractivity contribution in [3.05, 3.63) is 65.0 Å². The molecule has 0 bridgehead atoms. The second kappa shape index (κ2) is 7.98. The molecule has 1 aliphatic rings. The molecule has 3 aromatic heterocycles. The van der Waals surface area contributed by atoms with Crippen LogP contribution in [0.2, 0.25) is 0 Å². The number of H-pyrrole nitrogens is 1. The molecule has 0 spiro atoms. The first-order valence-electron chi connectivity index (χ1n) is 10.5. The quantitative estimate of drug-likeness (QED) is 0.499. The molecule has 4 heterocycles. The molecular formula is C23H22F2N6O. The maximum Gasteiger partial charge on any atom is 0.182 e. The molecule has 1 saturated heterocycles. The average molecular weight is 436 g/mol. The largest absolute Gasteiger partial charge is 0.370 e. The van der Waals surface area contributed by atoms with Crippen LogP contribution in [0.3, 0.4) is 0 Å². The van der Waals surface area contributed by atoms with Crippen molar-refractivity contribution in [2.45, 2.75) is 51.7 Å². The summed E-state index contributed by atoms with van der Waals surface area (Å²) in [6, 6.07) is 3.45. The fourth-order valence-corrected chi connectivity index (χ4v) is 4.19. The zero-order valence-electron chi connectivity index (χ0n) is 17.9. The lowest BCUT2D eigenvalue weighted by atomic mass is 9.89. The number of ether oxygens (including phenoxy) is 1. The number of aromatic nitrogens is 6. The fourth-order valence-electron chi connectivity index (χ4n) is 4.19. The number of nitrogens with zero attached hydrogens (tertiary/aromatic N) is 5. The highest BCUT2D eigenvalue weighted by Crippen LogP contribution is 2.40. The third kappa shape index (κ3) is 3.73. The lowest BCUT2D eigenvalue weighted by Crippen LogP contribution is -2.26. The topological polar surface area (TPSA) is 89.5 Å². The monoisotopic (exact) mass is 436 g/mol. The molecule has 32 heavy (non-hydrogen) atoms. The number of halogens is 2. The molecule has 0 aliphatic carbocycles. The van der Waals surface area contributed by atoms with E-state index >= 15 is 0 Å². The molecule has 0 radical (unpaired) electrons. The maximum absolute atomic E-state index is 14.7. The van der Waals surface area contributed by atoms with E-state index in [1.165, 1.54) is 12.1 Å². The van der Waals surface area contributed by atoms with Gasteiger partial charge in [-0.3, -0.25) is 5.10 Å². The smallest absolute Gasteiger partial charge is 0.182 e. The van der Waals surface area contributed by atoms with Gasteiger partial charge in [0.25, 0.3) is 0 Å². The lowest BCUT2D eigenvalue weighted by molar-refractivity contribution is -0.0511. The molecule has 1 fully saturated rings. The lowest BCUT2D eigenvalue weighted by Gasteiger charge is -2.33. The summed E-state index contributed by atoms with van der Waals surface area (Å²) in [6.07, 6.45) is 4.75. The molecule has 7 nitrogen and oxygen atoms in total. The van der Waals surface area contributed by atoms with Crippen molar-refractivity contribution < 1.29 is 13.5 Å². The van der Waals surface area contributed by atoms with Crippen molar-refractivity contribution in [2.75, 3.05) is 0 Å². The number of aryl methyl sites for hydroxylation is 2. The Morgan fingerprint density at radius 2 is 1.84 bits per heavy atom. The van der Waals surface area contributed by atoms with Gasteiger partial charge >= 0.3 is 0 Å². The van der Waals surface area contributed by atoms with Crippen LogP contribution in [-0.4, -0.2) is 36.2 Å². The summed E-state index contributed by atoms with van der Waals surface area (Å²) in [4.78, 5) is 18.7. The van der Waals surface area contributed by atoms with E-state index in [1.54, 1.807) is 6.20 Å².